The SMILES string of the molecule is COC(=O)C(O)c1ccc2c(c1)OCS2. The standard InChI is InChI=1S/C10H10O4S/c1-13-10(12)9(11)6-2-3-8-7(4-6)14-5-15-8/h2-4,9,11H,5H2,1H3. The van der Waals surface area contributed by atoms with Gasteiger partial charge < -0.3 is 14.6 Å². The third kappa shape index (κ3) is 1.93. The van der Waals surface area contributed by atoms with E-state index in [0.717, 1.165) is 4.90 Å². The summed E-state index contributed by atoms with van der Waals surface area (Å²) in [6.45, 7) is 0. The van der Waals surface area contributed by atoms with Gasteiger partial charge in [0.2, 0.25) is 0 Å². The monoisotopic (exact) mass is 226 g/mol. The van der Waals surface area contributed by atoms with E-state index >= 15 is 0 Å². The van der Waals surface area contributed by atoms with Crippen molar-refractivity contribution in [3.05, 3.63) is 23.8 Å². The van der Waals surface area contributed by atoms with Crippen LogP contribution < -0.4 is 4.74 Å². The molecule has 0 saturated heterocycles. The maximum Gasteiger partial charge on any atom is 0.339 e. The van der Waals surface area contributed by atoms with E-state index in [-0.39, 0.29) is 0 Å². The highest BCUT2D eigenvalue weighted by Gasteiger charge is 2.21. The van der Waals surface area contributed by atoms with Crippen LogP contribution in [-0.4, -0.2) is 24.1 Å². The Morgan fingerprint density at radius 3 is 3.20 bits per heavy atom. The fraction of sp³-hybridized carbons (Fsp3) is 0.300. The summed E-state index contributed by atoms with van der Waals surface area (Å²) >= 11 is 1.58. The molecule has 4 nitrogen and oxygen atoms in total. The number of hydrogen-bond acceptors (Lipinski definition) is 5. The Balaban J connectivity index is 2.26. The Bertz CT molecular complexity index is 391. The van der Waals surface area contributed by atoms with E-state index in [4.69, 9.17) is 4.74 Å². The van der Waals surface area contributed by atoms with E-state index in [1.165, 1.54) is 7.11 Å². The van der Waals surface area contributed by atoms with Crippen molar-refractivity contribution in [1.82, 2.24) is 0 Å². The minimum atomic E-state index is -1.24. The lowest BCUT2D eigenvalue weighted by Gasteiger charge is -2.09. The lowest BCUT2D eigenvalue weighted by molar-refractivity contribution is -0.150. The highest BCUT2D eigenvalue weighted by atomic mass is 32.2. The normalized spacial score (nSPS) is 15.3. The van der Waals surface area contributed by atoms with E-state index in [1.807, 2.05) is 6.07 Å². The largest absolute Gasteiger partial charge is 0.481 e. The third-order valence-electron chi connectivity index (χ3n) is 2.14. The second kappa shape index (κ2) is 4.12. The first-order valence-electron chi connectivity index (χ1n) is 4.38. The number of esters is 1. The summed E-state index contributed by atoms with van der Waals surface area (Å²) in [5.74, 6) is 0.619. The fourth-order valence-corrected chi connectivity index (χ4v) is 2.07. The van der Waals surface area contributed by atoms with Crippen molar-refractivity contribution in [2.75, 3.05) is 13.0 Å². The van der Waals surface area contributed by atoms with Gasteiger partial charge in [0.25, 0.3) is 0 Å². The highest BCUT2D eigenvalue weighted by Crippen LogP contribution is 2.37. The number of methoxy groups -OCH3 is 1. The van der Waals surface area contributed by atoms with Crippen LogP contribution in [0.1, 0.15) is 11.7 Å². The number of fused-ring (bicyclic) bond motifs is 1. The molecule has 1 aliphatic heterocycles. The molecular formula is C10H10O4S. The predicted octanol–water partition coefficient (Wildman–Crippen LogP) is 1.33. The van der Waals surface area contributed by atoms with Gasteiger partial charge in [0.1, 0.15) is 11.7 Å². The number of thioether (sulfide) groups is 1. The molecule has 1 atom stereocenters. The van der Waals surface area contributed by atoms with Crippen molar-refractivity contribution in [2.45, 2.75) is 11.0 Å². The summed E-state index contributed by atoms with van der Waals surface area (Å²) in [7, 11) is 1.24. The molecule has 1 aromatic rings. The van der Waals surface area contributed by atoms with Crippen LogP contribution in [-0.2, 0) is 9.53 Å². The zero-order chi connectivity index (χ0) is 10.8. The maximum absolute atomic E-state index is 11.1. The van der Waals surface area contributed by atoms with Crippen LogP contribution >= 0.6 is 11.8 Å². The number of benzene rings is 1. The number of carbonyl (C=O) groups excluding carboxylic acids is 1. The number of ether oxygens (including phenoxy) is 2. The van der Waals surface area contributed by atoms with Gasteiger partial charge in [0, 0.05) is 0 Å². The Labute approximate surface area is 91.2 Å². The van der Waals surface area contributed by atoms with Crippen molar-refractivity contribution in [1.29, 1.82) is 0 Å². The number of aliphatic hydroxyl groups excluding tert-OH is 1. The van der Waals surface area contributed by atoms with Crippen molar-refractivity contribution < 1.29 is 19.4 Å². The van der Waals surface area contributed by atoms with Gasteiger partial charge in [-0.25, -0.2) is 4.79 Å². The molecule has 0 amide bonds. The Kier molecular flexibility index (Phi) is 2.83. The van der Waals surface area contributed by atoms with Gasteiger partial charge in [-0.3, -0.25) is 0 Å². The first kappa shape index (κ1) is 10.3. The molecule has 0 radical (unpaired) electrons. The van der Waals surface area contributed by atoms with Crippen molar-refractivity contribution >= 4 is 17.7 Å². The molecule has 0 bridgehead atoms. The van der Waals surface area contributed by atoms with E-state index in [1.54, 1.807) is 23.9 Å². The second-order valence-corrected chi connectivity index (χ2v) is 4.00. The molecule has 5 heteroatoms. The summed E-state index contributed by atoms with van der Waals surface area (Å²) in [4.78, 5) is 12.1. The molecular weight excluding hydrogens is 216 g/mol. The van der Waals surface area contributed by atoms with Crippen LogP contribution in [0.25, 0.3) is 0 Å². The quantitative estimate of drug-likeness (QED) is 0.771. The number of aliphatic hydroxyl groups is 1. The van der Waals surface area contributed by atoms with E-state index in [9.17, 15) is 9.90 Å². The van der Waals surface area contributed by atoms with Crippen LogP contribution in [0.3, 0.4) is 0 Å². The molecule has 15 heavy (non-hydrogen) atoms. The molecule has 0 saturated carbocycles. The van der Waals surface area contributed by atoms with E-state index in [0.29, 0.717) is 17.3 Å². The lowest BCUT2D eigenvalue weighted by atomic mass is 10.1. The number of rotatable bonds is 2. The van der Waals surface area contributed by atoms with Crippen LogP contribution in [0.4, 0.5) is 0 Å². The van der Waals surface area contributed by atoms with Gasteiger partial charge in [-0.2, -0.15) is 0 Å². The average molecular weight is 226 g/mol. The summed E-state index contributed by atoms with van der Waals surface area (Å²) < 4.78 is 9.75. The smallest absolute Gasteiger partial charge is 0.339 e. The second-order valence-electron chi connectivity index (χ2n) is 3.04. The molecule has 0 aliphatic carbocycles. The molecule has 1 N–H and O–H groups in total. The van der Waals surface area contributed by atoms with E-state index < -0.39 is 12.1 Å². The molecule has 1 unspecified atom stereocenters. The zero-order valence-corrected chi connectivity index (χ0v) is 8.91. The highest BCUT2D eigenvalue weighted by molar-refractivity contribution is 7.99. The summed E-state index contributed by atoms with van der Waals surface area (Å²) in [5, 5.41) is 9.58. The lowest BCUT2D eigenvalue weighted by Crippen LogP contribution is -2.13. The summed E-state index contributed by atoms with van der Waals surface area (Å²) in [6.07, 6.45) is -1.24. The summed E-state index contributed by atoms with van der Waals surface area (Å²) in [5.41, 5.74) is 0.489. The summed E-state index contributed by atoms with van der Waals surface area (Å²) in [6, 6.07) is 5.19. The van der Waals surface area contributed by atoms with Crippen LogP contribution in [0.15, 0.2) is 23.1 Å². The minimum Gasteiger partial charge on any atom is -0.481 e. The van der Waals surface area contributed by atoms with E-state index in [2.05, 4.69) is 4.74 Å². The van der Waals surface area contributed by atoms with Gasteiger partial charge in [0.05, 0.1) is 12.0 Å². The molecule has 1 aromatic carbocycles. The average Bonchev–Trinajstić information content (AvgIpc) is 2.73. The molecule has 80 valence electrons. The van der Waals surface area contributed by atoms with Crippen LogP contribution in [0, 0.1) is 0 Å². The minimum absolute atomic E-state index is 0.489. The van der Waals surface area contributed by atoms with Gasteiger partial charge in [-0.1, -0.05) is 17.8 Å². The zero-order valence-electron chi connectivity index (χ0n) is 8.10. The molecule has 0 aromatic heterocycles. The third-order valence-corrected chi connectivity index (χ3v) is 3.02. The predicted molar refractivity (Wildman–Crippen MR) is 54.8 cm³/mol. The maximum atomic E-state index is 11.1. The van der Waals surface area contributed by atoms with Crippen molar-refractivity contribution in [3.63, 3.8) is 0 Å². The van der Waals surface area contributed by atoms with Crippen molar-refractivity contribution in [2.24, 2.45) is 0 Å². The van der Waals surface area contributed by atoms with Crippen LogP contribution in [0.2, 0.25) is 0 Å². The fourth-order valence-electron chi connectivity index (χ4n) is 1.33. The first-order chi connectivity index (χ1) is 7.22. The number of carbonyl (C=O) groups is 1. The first-order valence-corrected chi connectivity index (χ1v) is 5.36. The molecule has 0 fully saturated rings. The van der Waals surface area contributed by atoms with Crippen molar-refractivity contribution in [3.8, 4) is 5.75 Å². The number of hydrogen-bond donors (Lipinski definition) is 1. The van der Waals surface area contributed by atoms with Gasteiger partial charge in [0.15, 0.2) is 6.10 Å². The van der Waals surface area contributed by atoms with Gasteiger partial charge in [-0.15, -0.1) is 0 Å². The molecule has 1 aliphatic rings. The van der Waals surface area contributed by atoms with Gasteiger partial charge in [-0.05, 0) is 17.7 Å². The topological polar surface area (TPSA) is 55.8 Å². The van der Waals surface area contributed by atoms with Gasteiger partial charge >= 0.3 is 5.97 Å². The molecule has 1 heterocycles. The Hall–Kier alpha value is -1.20. The van der Waals surface area contributed by atoms with Crippen LogP contribution in [0.5, 0.6) is 5.75 Å². The Morgan fingerprint density at radius 2 is 2.47 bits per heavy atom. The Morgan fingerprint density at radius 1 is 1.67 bits per heavy atom. The molecule has 0 spiro atoms. The molecule has 2 rings (SSSR count).